The van der Waals surface area contributed by atoms with Crippen molar-refractivity contribution in [3.63, 3.8) is 0 Å². The monoisotopic (exact) mass is 606 g/mol. The molecule has 0 saturated heterocycles. The molecule has 47 heavy (non-hydrogen) atoms. The van der Waals surface area contributed by atoms with Crippen LogP contribution in [0, 0.1) is 0 Å². The highest BCUT2D eigenvalue weighted by Gasteiger charge is 2.15. The maximum atomic E-state index is 6.04. The van der Waals surface area contributed by atoms with E-state index in [9.17, 15) is 0 Å². The molecule has 0 N–H and O–H groups in total. The van der Waals surface area contributed by atoms with E-state index in [0.717, 1.165) is 63.2 Å². The summed E-state index contributed by atoms with van der Waals surface area (Å²) in [7, 11) is 0. The zero-order valence-electron chi connectivity index (χ0n) is 25.6. The van der Waals surface area contributed by atoms with E-state index < -0.39 is 0 Å². The van der Waals surface area contributed by atoms with E-state index in [1.807, 2.05) is 48.5 Å². The van der Waals surface area contributed by atoms with Gasteiger partial charge in [-0.25, -0.2) is 0 Å². The van der Waals surface area contributed by atoms with Gasteiger partial charge in [-0.15, -0.1) is 10.2 Å². The van der Waals surface area contributed by atoms with Gasteiger partial charge >= 0.3 is 0 Å². The van der Waals surface area contributed by atoms with Gasteiger partial charge in [0.25, 0.3) is 0 Å². The first kappa shape index (κ1) is 28.3. The Hall–Kier alpha value is -6.20. The van der Waals surface area contributed by atoms with Crippen LogP contribution in [0.3, 0.4) is 0 Å². The van der Waals surface area contributed by atoms with Crippen molar-refractivity contribution in [1.82, 2.24) is 10.2 Å². The van der Waals surface area contributed by atoms with Crippen molar-refractivity contribution in [3.05, 3.63) is 169 Å². The van der Waals surface area contributed by atoms with Gasteiger partial charge in [-0.3, -0.25) is 0 Å². The summed E-state index contributed by atoms with van der Waals surface area (Å²) in [5.74, 6) is 0.999. The smallest absolute Gasteiger partial charge is 0.248 e. The lowest BCUT2D eigenvalue weighted by Gasteiger charge is -2.14. The molecule has 8 rings (SSSR count). The molecule has 0 unspecified atom stereocenters. The minimum absolute atomic E-state index is 0.497. The fraction of sp³-hybridized carbons (Fsp3) is 0.0476. The number of benzene rings is 6. The molecule has 2 heterocycles. The number of hydrogen-bond donors (Lipinski definition) is 0. The normalized spacial score (nSPS) is 12.8. The zero-order valence-corrected chi connectivity index (χ0v) is 25.6. The molecule has 0 amide bonds. The van der Waals surface area contributed by atoms with Gasteiger partial charge in [0.2, 0.25) is 11.8 Å². The first-order valence-corrected chi connectivity index (χ1v) is 15.8. The molecule has 6 aromatic carbocycles. The molecule has 7 aromatic rings. The Balaban J connectivity index is 0.927. The largest absolute Gasteiger partial charge is 0.416 e. The summed E-state index contributed by atoms with van der Waals surface area (Å²) in [6.07, 6.45) is 1.72. The van der Waals surface area contributed by atoms with E-state index in [1.54, 1.807) is 0 Å². The molecular formula is C42H30N4O. The minimum Gasteiger partial charge on any atom is -0.416 e. The molecule has 1 aromatic heterocycles. The fourth-order valence-electron chi connectivity index (χ4n) is 5.90. The number of nitrogens with zero attached hydrogens (tertiary/aromatic N) is 4. The van der Waals surface area contributed by atoms with Crippen LogP contribution < -0.4 is 0 Å². The SMILES string of the molecule is c1ccc(-c2ccc(C3=NN=C(c4ccc(-c5ccc(-c6nnc(-c7ccc(-c8ccccc8)cc7)o6)cc5)cc4)CC3)cc2)cc1. The highest BCUT2D eigenvalue weighted by atomic mass is 16.4. The Labute approximate surface area is 273 Å². The summed E-state index contributed by atoms with van der Waals surface area (Å²) in [5.41, 5.74) is 13.0. The van der Waals surface area contributed by atoms with Crippen LogP contribution in [-0.2, 0) is 0 Å². The highest BCUT2D eigenvalue weighted by Crippen LogP contribution is 2.29. The average molecular weight is 607 g/mol. The molecule has 0 radical (unpaired) electrons. The maximum absolute atomic E-state index is 6.04. The summed E-state index contributed by atoms with van der Waals surface area (Å²) < 4.78 is 6.04. The summed E-state index contributed by atoms with van der Waals surface area (Å²) in [6.45, 7) is 0. The molecule has 224 valence electrons. The molecule has 0 bridgehead atoms. The van der Waals surface area contributed by atoms with E-state index in [-0.39, 0.29) is 0 Å². The highest BCUT2D eigenvalue weighted by molar-refractivity contribution is 6.09. The van der Waals surface area contributed by atoms with Gasteiger partial charge in [0.15, 0.2) is 0 Å². The Morgan fingerprint density at radius 1 is 0.298 bits per heavy atom. The molecule has 0 spiro atoms. The summed E-state index contributed by atoms with van der Waals surface area (Å²) in [6, 6.07) is 54.2. The van der Waals surface area contributed by atoms with Crippen molar-refractivity contribution in [2.45, 2.75) is 12.8 Å². The molecule has 5 nitrogen and oxygen atoms in total. The molecule has 5 heteroatoms. The molecule has 0 atom stereocenters. The second-order valence-corrected chi connectivity index (χ2v) is 11.5. The molecule has 0 aliphatic carbocycles. The van der Waals surface area contributed by atoms with E-state index in [0.29, 0.717) is 11.8 Å². The Kier molecular flexibility index (Phi) is 7.62. The van der Waals surface area contributed by atoms with Crippen LogP contribution in [0.4, 0.5) is 0 Å². The minimum atomic E-state index is 0.497. The van der Waals surface area contributed by atoms with Crippen LogP contribution in [0.15, 0.2) is 172 Å². The van der Waals surface area contributed by atoms with Gasteiger partial charge in [-0.05, 0) is 81.6 Å². The maximum Gasteiger partial charge on any atom is 0.248 e. The zero-order chi connectivity index (χ0) is 31.4. The van der Waals surface area contributed by atoms with Gasteiger partial charge in [0, 0.05) is 11.1 Å². The first-order chi connectivity index (χ1) is 23.3. The quantitative estimate of drug-likeness (QED) is 0.181. The molecular weight excluding hydrogens is 576 g/mol. The van der Waals surface area contributed by atoms with Gasteiger partial charge in [-0.1, -0.05) is 133 Å². The van der Waals surface area contributed by atoms with Crippen LogP contribution in [-0.4, -0.2) is 21.6 Å². The van der Waals surface area contributed by atoms with Crippen molar-refractivity contribution in [3.8, 4) is 56.3 Å². The molecule has 1 aliphatic heterocycles. The Morgan fingerprint density at radius 3 is 0.894 bits per heavy atom. The predicted octanol–water partition coefficient (Wildman–Crippen LogP) is 10.4. The van der Waals surface area contributed by atoms with E-state index in [2.05, 4.69) is 130 Å². The predicted molar refractivity (Wildman–Crippen MR) is 190 cm³/mol. The van der Waals surface area contributed by atoms with Crippen molar-refractivity contribution >= 4 is 11.4 Å². The van der Waals surface area contributed by atoms with E-state index in [1.165, 1.54) is 16.7 Å². The van der Waals surface area contributed by atoms with Crippen LogP contribution in [0.5, 0.6) is 0 Å². The molecule has 0 saturated carbocycles. The third-order valence-corrected chi connectivity index (χ3v) is 8.56. The van der Waals surface area contributed by atoms with Crippen LogP contribution in [0.1, 0.15) is 24.0 Å². The van der Waals surface area contributed by atoms with Crippen molar-refractivity contribution in [2.75, 3.05) is 0 Å². The second-order valence-electron chi connectivity index (χ2n) is 11.5. The van der Waals surface area contributed by atoms with Crippen LogP contribution in [0.25, 0.3) is 56.3 Å². The lowest BCUT2D eigenvalue weighted by molar-refractivity contribution is 0.584. The second kappa shape index (κ2) is 12.7. The third-order valence-electron chi connectivity index (χ3n) is 8.56. The van der Waals surface area contributed by atoms with Gasteiger partial charge in [0.05, 0.1) is 11.4 Å². The van der Waals surface area contributed by atoms with Crippen LogP contribution >= 0.6 is 0 Å². The number of aromatic nitrogens is 2. The third kappa shape index (κ3) is 6.07. The number of hydrogen-bond acceptors (Lipinski definition) is 5. The summed E-state index contributed by atoms with van der Waals surface area (Å²) in [5, 5.41) is 17.8. The molecule has 1 aliphatic rings. The van der Waals surface area contributed by atoms with E-state index >= 15 is 0 Å². The lowest BCUT2D eigenvalue weighted by atomic mass is 9.96. The summed E-state index contributed by atoms with van der Waals surface area (Å²) >= 11 is 0. The van der Waals surface area contributed by atoms with Crippen LogP contribution in [0.2, 0.25) is 0 Å². The first-order valence-electron chi connectivity index (χ1n) is 15.8. The topological polar surface area (TPSA) is 63.6 Å². The average Bonchev–Trinajstić information content (AvgIpc) is 3.67. The van der Waals surface area contributed by atoms with Gasteiger partial charge in [-0.2, -0.15) is 10.2 Å². The van der Waals surface area contributed by atoms with Crippen molar-refractivity contribution < 1.29 is 4.42 Å². The van der Waals surface area contributed by atoms with Gasteiger partial charge < -0.3 is 4.42 Å². The standard InChI is InChI=1S/C42H30N4O/c1-3-7-29(8-4-1)31-11-19-35(20-12-31)39-27-28-40(44-43-39)36-21-13-33(14-22-36)34-17-25-38(26-18-34)42-46-45-41(47-42)37-23-15-32(16-24-37)30-9-5-2-6-10-30/h1-26H,27-28H2. The van der Waals surface area contributed by atoms with E-state index in [4.69, 9.17) is 4.42 Å². The Bertz CT molecular complexity index is 2180. The number of rotatable bonds is 7. The fourth-order valence-corrected chi connectivity index (χ4v) is 5.90. The lowest BCUT2D eigenvalue weighted by Crippen LogP contribution is -2.11. The van der Waals surface area contributed by atoms with Crippen molar-refractivity contribution in [2.24, 2.45) is 10.2 Å². The van der Waals surface area contributed by atoms with Gasteiger partial charge in [0.1, 0.15) is 0 Å². The van der Waals surface area contributed by atoms with Crippen molar-refractivity contribution in [1.29, 1.82) is 0 Å². The molecule has 0 fully saturated rings. The Morgan fingerprint density at radius 2 is 0.574 bits per heavy atom. The summed E-state index contributed by atoms with van der Waals surface area (Å²) in [4.78, 5) is 0.